The number of rotatable bonds is 7. The van der Waals surface area contributed by atoms with E-state index in [1.165, 1.54) is 12.8 Å². The van der Waals surface area contributed by atoms with Gasteiger partial charge in [-0.15, -0.1) is 0 Å². The molecule has 0 saturated heterocycles. The van der Waals surface area contributed by atoms with Gasteiger partial charge < -0.3 is 15.7 Å². The molecule has 8 nitrogen and oxygen atoms in total. The molecule has 30 heavy (non-hydrogen) atoms. The lowest BCUT2D eigenvalue weighted by Crippen LogP contribution is -2.43. The number of fused-ring (bicyclic) bond motifs is 1. The van der Waals surface area contributed by atoms with Gasteiger partial charge in [0, 0.05) is 54.5 Å². The highest BCUT2D eigenvalue weighted by molar-refractivity contribution is 9.10. The zero-order valence-corrected chi connectivity index (χ0v) is 18.9. The largest absolute Gasteiger partial charge is 0.396 e. The lowest BCUT2D eigenvalue weighted by molar-refractivity contribution is -0.889. The number of hydrogen-bond donors (Lipinski definition) is 3. The topological polar surface area (TPSA) is 87.6 Å². The second kappa shape index (κ2) is 9.18. The Morgan fingerprint density at radius 2 is 2.17 bits per heavy atom. The van der Waals surface area contributed by atoms with Crippen molar-refractivity contribution in [3.8, 4) is 0 Å². The fourth-order valence-corrected chi connectivity index (χ4v) is 4.38. The van der Waals surface area contributed by atoms with Crippen molar-refractivity contribution in [3.63, 3.8) is 0 Å². The highest BCUT2D eigenvalue weighted by Gasteiger charge is 2.25. The van der Waals surface area contributed by atoms with E-state index in [0.717, 1.165) is 45.9 Å². The molecule has 2 atom stereocenters. The van der Waals surface area contributed by atoms with E-state index in [2.05, 4.69) is 37.7 Å². The molecule has 4 rings (SSSR count). The highest BCUT2D eigenvalue weighted by atomic mass is 79.9. The van der Waals surface area contributed by atoms with Gasteiger partial charge >= 0.3 is 0 Å². The lowest BCUT2D eigenvalue weighted by atomic mass is 9.85. The first-order valence-electron chi connectivity index (χ1n) is 10.3. The van der Waals surface area contributed by atoms with Crippen LogP contribution >= 0.6 is 15.9 Å². The van der Waals surface area contributed by atoms with Crippen molar-refractivity contribution in [2.45, 2.75) is 45.2 Å². The van der Waals surface area contributed by atoms with Crippen LogP contribution < -0.4 is 20.2 Å². The second-order valence-corrected chi connectivity index (χ2v) is 8.63. The molecule has 0 spiro atoms. The maximum Gasteiger partial charge on any atom is 0.231 e. The van der Waals surface area contributed by atoms with Gasteiger partial charge in [0.25, 0.3) is 0 Å². The standard InChI is InChI=1S/C21H28BrN6O2/c1-14-7-8-15(12-27(14)30-2)10-23-20-9-19(26-21-17(22)11-24-28(20)21)25-18-6-4-3-5-16(18)13-29/h7-9,11-12,16,18,23,29H,3-6,10,13H2,1-2H3,(H,25,26)/q+1/t16-,18-/m1/s1. The summed E-state index contributed by atoms with van der Waals surface area (Å²) in [6.07, 6.45) is 8.15. The molecule has 0 amide bonds. The number of aryl methyl sites for hydroxylation is 1. The summed E-state index contributed by atoms with van der Waals surface area (Å²) in [5, 5.41) is 21.2. The van der Waals surface area contributed by atoms with Crippen LogP contribution in [0.4, 0.5) is 11.6 Å². The smallest absolute Gasteiger partial charge is 0.231 e. The van der Waals surface area contributed by atoms with Gasteiger partial charge in [0.2, 0.25) is 11.9 Å². The summed E-state index contributed by atoms with van der Waals surface area (Å²) in [5.74, 6) is 1.89. The number of nitrogens with one attached hydrogen (secondary N) is 2. The Morgan fingerprint density at radius 3 is 2.97 bits per heavy atom. The Morgan fingerprint density at radius 1 is 1.33 bits per heavy atom. The fourth-order valence-electron chi connectivity index (χ4n) is 4.03. The summed E-state index contributed by atoms with van der Waals surface area (Å²) >= 11 is 3.55. The third-order valence-corrected chi connectivity index (χ3v) is 6.30. The number of hydrogen-bond acceptors (Lipinski definition) is 6. The van der Waals surface area contributed by atoms with E-state index in [-0.39, 0.29) is 18.6 Å². The average Bonchev–Trinajstić information content (AvgIpc) is 3.14. The van der Waals surface area contributed by atoms with Crippen LogP contribution in [-0.2, 0) is 6.54 Å². The summed E-state index contributed by atoms with van der Waals surface area (Å²) in [7, 11) is 1.65. The van der Waals surface area contributed by atoms with E-state index in [1.54, 1.807) is 22.6 Å². The van der Waals surface area contributed by atoms with Crippen LogP contribution in [0.2, 0.25) is 0 Å². The van der Waals surface area contributed by atoms with Gasteiger partial charge in [0.1, 0.15) is 18.7 Å². The van der Waals surface area contributed by atoms with E-state index in [1.807, 2.05) is 25.3 Å². The Balaban J connectivity index is 1.59. The van der Waals surface area contributed by atoms with Crippen molar-refractivity contribution in [2.24, 2.45) is 5.92 Å². The number of halogens is 1. The first-order chi connectivity index (χ1) is 14.6. The molecular weight excluding hydrogens is 448 g/mol. The minimum atomic E-state index is 0.203. The molecule has 1 aliphatic carbocycles. The molecule has 0 unspecified atom stereocenters. The van der Waals surface area contributed by atoms with Crippen LogP contribution in [-0.4, -0.2) is 39.5 Å². The van der Waals surface area contributed by atoms with Crippen molar-refractivity contribution in [3.05, 3.63) is 46.3 Å². The van der Waals surface area contributed by atoms with Crippen molar-refractivity contribution in [1.82, 2.24) is 14.6 Å². The summed E-state index contributed by atoms with van der Waals surface area (Å²) in [4.78, 5) is 10.1. The van der Waals surface area contributed by atoms with E-state index in [0.29, 0.717) is 6.54 Å². The highest BCUT2D eigenvalue weighted by Crippen LogP contribution is 2.28. The van der Waals surface area contributed by atoms with Crippen molar-refractivity contribution < 1.29 is 14.7 Å². The number of aliphatic hydroxyl groups excluding tert-OH is 1. The van der Waals surface area contributed by atoms with Crippen molar-refractivity contribution >= 4 is 33.2 Å². The molecule has 3 heterocycles. The van der Waals surface area contributed by atoms with E-state index in [4.69, 9.17) is 9.82 Å². The Bertz CT molecular complexity index is 1020. The van der Waals surface area contributed by atoms with Gasteiger partial charge in [0.15, 0.2) is 5.65 Å². The van der Waals surface area contributed by atoms with Gasteiger partial charge in [-0.05, 0) is 34.8 Å². The van der Waals surface area contributed by atoms with Crippen molar-refractivity contribution in [2.75, 3.05) is 24.4 Å². The zero-order chi connectivity index (χ0) is 21.1. The van der Waals surface area contributed by atoms with Crippen LogP contribution in [0.1, 0.15) is 36.9 Å². The number of anilines is 2. The van der Waals surface area contributed by atoms with Gasteiger partial charge in [-0.1, -0.05) is 12.8 Å². The molecule has 3 aromatic rings. The van der Waals surface area contributed by atoms with Crippen LogP contribution in [0.5, 0.6) is 0 Å². The van der Waals surface area contributed by atoms with Crippen LogP contribution in [0.15, 0.2) is 35.1 Å². The molecule has 3 N–H and O–H groups in total. The normalized spacial score (nSPS) is 19.1. The third-order valence-electron chi connectivity index (χ3n) is 5.75. The van der Waals surface area contributed by atoms with Gasteiger partial charge in [-0.2, -0.15) is 9.61 Å². The average molecular weight is 476 g/mol. The monoisotopic (exact) mass is 475 g/mol. The second-order valence-electron chi connectivity index (χ2n) is 7.77. The summed E-state index contributed by atoms with van der Waals surface area (Å²) in [5.41, 5.74) is 2.86. The maximum absolute atomic E-state index is 9.74. The minimum absolute atomic E-state index is 0.203. The summed E-state index contributed by atoms with van der Waals surface area (Å²) in [6.45, 7) is 2.81. The van der Waals surface area contributed by atoms with Gasteiger partial charge in [-0.25, -0.2) is 4.98 Å². The summed E-state index contributed by atoms with van der Waals surface area (Å²) < 4.78 is 4.37. The van der Waals surface area contributed by atoms with Crippen LogP contribution in [0, 0.1) is 12.8 Å². The lowest BCUT2D eigenvalue weighted by Gasteiger charge is -2.31. The van der Waals surface area contributed by atoms with Crippen molar-refractivity contribution in [1.29, 1.82) is 0 Å². The van der Waals surface area contributed by atoms with E-state index >= 15 is 0 Å². The van der Waals surface area contributed by atoms with Crippen LogP contribution in [0.3, 0.4) is 0 Å². The first-order valence-corrected chi connectivity index (χ1v) is 11.1. The van der Waals surface area contributed by atoms with Gasteiger partial charge in [-0.3, -0.25) is 4.84 Å². The molecule has 9 heteroatoms. The predicted octanol–water partition coefficient (Wildman–Crippen LogP) is 2.72. The molecule has 0 aliphatic heterocycles. The van der Waals surface area contributed by atoms with E-state index in [9.17, 15) is 5.11 Å². The van der Waals surface area contributed by atoms with Gasteiger partial charge in [0.05, 0.1) is 10.7 Å². The quantitative estimate of drug-likeness (QED) is 0.455. The zero-order valence-electron chi connectivity index (χ0n) is 17.3. The Hall–Kier alpha value is -2.39. The minimum Gasteiger partial charge on any atom is -0.396 e. The SMILES string of the molecule is CO[n+]1cc(CNc2cc(N[C@@H]3CCCC[C@@H]3CO)nc3c(Br)cnn23)ccc1C. The molecular formula is C21H28BrN6O2+. The fraction of sp³-hybridized carbons (Fsp3) is 0.476. The molecule has 0 radical (unpaired) electrons. The third kappa shape index (κ3) is 4.37. The van der Waals surface area contributed by atoms with Crippen LogP contribution in [0.25, 0.3) is 5.65 Å². The number of aromatic nitrogens is 4. The molecule has 1 aliphatic rings. The molecule has 1 saturated carbocycles. The predicted molar refractivity (Wildman–Crippen MR) is 118 cm³/mol. The number of aliphatic hydroxyl groups is 1. The molecule has 3 aromatic heterocycles. The number of nitrogens with zero attached hydrogens (tertiary/aromatic N) is 4. The maximum atomic E-state index is 9.74. The molecule has 160 valence electrons. The molecule has 0 aromatic carbocycles. The first kappa shape index (κ1) is 20.9. The Labute approximate surface area is 184 Å². The number of pyridine rings is 1. The molecule has 1 fully saturated rings. The van der Waals surface area contributed by atoms with E-state index < -0.39 is 0 Å². The molecule has 0 bridgehead atoms. The summed E-state index contributed by atoms with van der Waals surface area (Å²) in [6, 6.07) is 6.31. The Kier molecular flexibility index (Phi) is 6.38.